The standard InChI is InChI=1S/C15H18N2OS/c1-2-4-10(15-16-7-8-17-15)14-9-11-12(18)5-3-6-13(11)19-14/h7-10H,2-6H2,1H3,(H,16,17). The summed E-state index contributed by atoms with van der Waals surface area (Å²) in [6.45, 7) is 2.19. The number of hydrogen-bond acceptors (Lipinski definition) is 3. The first-order valence-electron chi connectivity index (χ1n) is 6.94. The van der Waals surface area contributed by atoms with Crippen LogP contribution in [0, 0.1) is 0 Å². The van der Waals surface area contributed by atoms with E-state index < -0.39 is 0 Å². The van der Waals surface area contributed by atoms with Gasteiger partial charge in [-0.1, -0.05) is 13.3 Å². The fourth-order valence-corrected chi connectivity index (χ4v) is 4.12. The van der Waals surface area contributed by atoms with Crippen molar-refractivity contribution >= 4 is 17.1 Å². The van der Waals surface area contributed by atoms with Crippen LogP contribution in [0.2, 0.25) is 0 Å². The zero-order valence-electron chi connectivity index (χ0n) is 11.1. The summed E-state index contributed by atoms with van der Waals surface area (Å²) < 4.78 is 0. The Bertz CT molecular complexity index is 571. The van der Waals surface area contributed by atoms with Gasteiger partial charge in [-0.25, -0.2) is 4.98 Å². The van der Waals surface area contributed by atoms with Gasteiger partial charge in [-0.15, -0.1) is 11.3 Å². The van der Waals surface area contributed by atoms with Gasteiger partial charge in [0.25, 0.3) is 0 Å². The molecule has 0 aliphatic heterocycles. The number of carbonyl (C=O) groups excluding carboxylic acids is 1. The quantitative estimate of drug-likeness (QED) is 0.918. The lowest BCUT2D eigenvalue weighted by molar-refractivity contribution is 0.0973. The topological polar surface area (TPSA) is 45.8 Å². The molecule has 0 bridgehead atoms. The first-order valence-corrected chi connectivity index (χ1v) is 7.76. The van der Waals surface area contributed by atoms with Crippen LogP contribution >= 0.6 is 11.3 Å². The van der Waals surface area contributed by atoms with E-state index in [1.54, 1.807) is 17.5 Å². The third-order valence-electron chi connectivity index (χ3n) is 3.71. The number of ketones is 1. The Labute approximate surface area is 117 Å². The summed E-state index contributed by atoms with van der Waals surface area (Å²) in [5.41, 5.74) is 0.971. The number of H-pyrrole nitrogens is 1. The van der Waals surface area contributed by atoms with Crippen LogP contribution in [0.1, 0.15) is 64.5 Å². The number of imidazole rings is 1. The number of fused-ring (bicyclic) bond motifs is 1. The summed E-state index contributed by atoms with van der Waals surface area (Å²) in [5.74, 6) is 1.65. The highest BCUT2D eigenvalue weighted by molar-refractivity contribution is 7.12. The number of carbonyl (C=O) groups is 1. The highest BCUT2D eigenvalue weighted by Crippen LogP contribution is 2.37. The van der Waals surface area contributed by atoms with Gasteiger partial charge in [0.05, 0.1) is 5.92 Å². The number of nitrogens with one attached hydrogen (secondary N) is 1. The molecule has 0 spiro atoms. The van der Waals surface area contributed by atoms with Crippen molar-refractivity contribution in [3.63, 3.8) is 0 Å². The first-order chi connectivity index (χ1) is 9.29. The van der Waals surface area contributed by atoms with Gasteiger partial charge >= 0.3 is 0 Å². The van der Waals surface area contributed by atoms with Gasteiger partial charge in [-0.05, 0) is 25.3 Å². The summed E-state index contributed by atoms with van der Waals surface area (Å²) in [6.07, 6.45) is 8.63. The van der Waals surface area contributed by atoms with E-state index in [9.17, 15) is 4.79 Å². The number of thiophene rings is 1. The second-order valence-corrected chi connectivity index (χ2v) is 6.25. The number of aromatic nitrogens is 2. The van der Waals surface area contributed by atoms with Gasteiger partial charge in [0.2, 0.25) is 0 Å². The maximum Gasteiger partial charge on any atom is 0.164 e. The molecule has 0 aromatic carbocycles. The van der Waals surface area contributed by atoms with E-state index in [4.69, 9.17) is 0 Å². The minimum atomic E-state index is 0.309. The highest BCUT2D eigenvalue weighted by Gasteiger charge is 2.25. The van der Waals surface area contributed by atoms with Gasteiger partial charge in [0, 0.05) is 34.1 Å². The Kier molecular flexibility index (Phi) is 3.51. The molecule has 2 aromatic heterocycles. The molecule has 3 rings (SSSR count). The van der Waals surface area contributed by atoms with Gasteiger partial charge in [-0.2, -0.15) is 0 Å². The normalized spacial score (nSPS) is 16.4. The molecule has 19 heavy (non-hydrogen) atoms. The van der Waals surface area contributed by atoms with E-state index in [1.807, 2.05) is 6.20 Å². The van der Waals surface area contributed by atoms with E-state index in [1.165, 1.54) is 9.75 Å². The molecule has 0 saturated heterocycles. The summed E-state index contributed by atoms with van der Waals surface area (Å²) in [7, 11) is 0. The number of Topliss-reactive ketones (excluding diaryl/α,β-unsaturated/α-hetero) is 1. The monoisotopic (exact) mass is 274 g/mol. The maximum absolute atomic E-state index is 11.9. The van der Waals surface area contributed by atoms with Crippen molar-refractivity contribution in [3.8, 4) is 0 Å². The Balaban J connectivity index is 1.97. The summed E-state index contributed by atoms with van der Waals surface area (Å²) in [4.78, 5) is 22.1. The predicted octanol–water partition coefficient (Wildman–Crippen LogP) is 3.92. The number of hydrogen-bond donors (Lipinski definition) is 1. The zero-order chi connectivity index (χ0) is 13.2. The minimum Gasteiger partial charge on any atom is -0.348 e. The van der Waals surface area contributed by atoms with Crippen molar-refractivity contribution in [1.82, 2.24) is 9.97 Å². The van der Waals surface area contributed by atoms with Gasteiger partial charge in [0.15, 0.2) is 5.78 Å². The van der Waals surface area contributed by atoms with Crippen LogP contribution in [-0.2, 0) is 6.42 Å². The molecule has 1 atom stereocenters. The summed E-state index contributed by atoms with van der Waals surface area (Å²) >= 11 is 1.80. The van der Waals surface area contributed by atoms with E-state index in [2.05, 4.69) is 23.0 Å². The summed E-state index contributed by atoms with van der Waals surface area (Å²) in [6, 6.07) is 2.12. The van der Waals surface area contributed by atoms with E-state index in [0.717, 1.165) is 37.1 Å². The molecule has 0 fully saturated rings. The Morgan fingerprint density at radius 2 is 2.37 bits per heavy atom. The van der Waals surface area contributed by atoms with Gasteiger partial charge in [0.1, 0.15) is 5.82 Å². The molecule has 1 unspecified atom stereocenters. The second-order valence-electron chi connectivity index (χ2n) is 5.08. The molecule has 0 amide bonds. The third kappa shape index (κ3) is 2.37. The van der Waals surface area contributed by atoms with E-state index in [0.29, 0.717) is 18.1 Å². The lowest BCUT2D eigenvalue weighted by atomic mass is 9.95. The number of rotatable bonds is 4. The number of aryl methyl sites for hydroxylation is 1. The van der Waals surface area contributed by atoms with Gasteiger partial charge in [-0.3, -0.25) is 4.79 Å². The SMILES string of the molecule is CCCC(c1ncc[nH]1)c1cc2c(s1)CCCC2=O. The average molecular weight is 274 g/mol. The van der Waals surface area contributed by atoms with Crippen LogP contribution in [-0.4, -0.2) is 15.8 Å². The third-order valence-corrected chi connectivity index (χ3v) is 5.01. The highest BCUT2D eigenvalue weighted by atomic mass is 32.1. The van der Waals surface area contributed by atoms with Crippen LogP contribution in [0.5, 0.6) is 0 Å². The molecule has 1 aliphatic carbocycles. The molecular weight excluding hydrogens is 256 g/mol. The lowest BCUT2D eigenvalue weighted by Gasteiger charge is -2.11. The smallest absolute Gasteiger partial charge is 0.164 e. The molecule has 2 heterocycles. The molecule has 1 aliphatic rings. The Hall–Kier alpha value is -1.42. The fraction of sp³-hybridized carbons (Fsp3) is 0.467. The van der Waals surface area contributed by atoms with Crippen molar-refractivity contribution in [1.29, 1.82) is 0 Å². The van der Waals surface area contributed by atoms with Crippen LogP contribution < -0.4 is 0 Å². The fourth-order valence-electron chi connectivity index (χ4n) is 2.76. The zero-order valence-corrected chi connectivity index (χ0v) is 11.9. The largest absolute Gasteiger partial charge is 0.348 e. The van der Waals surface area contributed by atoms with Crippen molar-refractivity contribution in [2.45, 2.75) is 44.9 Å². The number of nitrogens with zero attached hydrogens (tertiary/aromatic N) is 1. The average Bonchev–Trinajstić information content (AvgIpc) is 3.05. The lowest BCUT2D eigenvalue weighted by Crippen LogP contribution is -2.07. The molecule has 0 radical (unpaired) electrons. The molecule has 2 aromatic rings. The van der Waals surface area contributed by atoms with Crippen LogP contribution in [0.15, 0.2) is 18.5 Å². The van der Waals surface area contributed by atoms with Crippen LogP contribution in [0.4, 0.5) is 0 Å². The Morgan fingerprint density at radius 3 is 3.05 bits per heavy atom. The van der Waals surface area contributed by atoms with Crippen molar-refractivity contribution < 1.29 is 4.79 Å². The maximum atomic E-state index is 11.9. The van der Waals surface area contributed by atoms with Crippen LogP contribution in [0.25, 0.3) is 0 Å². The molecule has 4 heteroatoms. The molecule has 100 valence electrons. The predicted molar refractivity (Wildman–Crippen MR) is 76.9 cm³/mol. The first kappa shape index (κ1) is 12.6. The Morgan fingerprint density at radius 1 is 1.47 bits per heavy atom. The number of aromatic amines is 1. The molecular formula is C15H18N2OS. The molecule has 1 N–H and O–H groups in total. The van der Waals surface area contributed by atoms with Crippen molar-refractivity contribution in [2.75, 3.05) is 0 Å². The molecule has 3 nitrogen and oxygen atoms in total. The van der Waals surface area contributed by atoms with Gasteiger partial charge < -0.3 is 4.98 Å². The summed E-state index contributed by atoms with van der Waals surface area (Å²) in [5, 5.41) is 0. The van der Waals surface area contributed by atoms with Crippen molar-refractivity contribution in [2.24, 2.45) is 0 Å². The minimum absolute atomic E-state index is 0.309. The van der Waals surface area contributed by atoms with E-state index >= 15 is 0 Å². The van der Waals surface area contributed by atoms with E-state index in [-0.39, 0.29) is 0 Å². The van der Waals surface area contributed by atoms with Crippen molar-refractivity contribution in [3.05, 3.63) is 39.6 Å². The van der Waals surface area contributed by atoms with Crippen LogP contribution in [0.3, 0.4) is 0 Å². The molecule has 0 saturated carbocycles. The second kappa shape index (κ2) is 5.29.